The standard InChI is InChI=1S/C20H35N5O3/c1-4-21-18(26)20(2,3)16-24-19(22-8-7-17-6-5-13-28-17)23-9-10-25-11-14-27-15-12-25/h5-6,13H,4,7-12,14-16H2,1-3H3,(H,21,26)(H2,22,23,24). The number of carbonyl (C=O) groups is 1. The molecule has 1 aromatic heterocycles. The zero-order valence-corrected chi connectivity index (χ0v) is 17.4. The van der Waals surface area contributed by atoms with Gasteiger partial charge in [-0.05, 0) is 32.9 Å². The van der Waals surface area contributed by atoms with Crippen molar-refractivity contribution in [1.82, 2.24) is 20.9 Å². The smallest absolute Gasteiger partial charge is 0.227 e. The van der Waals surface area contributed by atoms with Gasteiger partial charge in [-0.3, -0.25) is 14.7 Å². The van der Waals surface area contributed by atoms with Crippen LogP contribution in [0.15, 0.2) is 27.8 Å². The van der Waals surface area contributed by atoms with Gasteiger partial charge in [-0.1, -0.05) is 0 Å². The van der Waals surface area contributed by atoms with Crippen LogP contribution < -0.4 is 16.0 Å². The fraction of sp³-hybridized carbons (Fsp3) is 0.700. The molecular weight excluding hydrogens is 358 g/mol. The Morgan fingerprint density at radius 2 is 1.96 bits per heavy atom. The molecule has 0 radical (unpaired) electrons. The van der Waals surface area contributed by atoms with E-state index in [2.05, 4.69) is 25.8 Å². The first-order chi connectivity index (χ1) is 13.5. The predicted molar refractivity (Wildman–Crippen MR) is 110 cm³/mol. The number of morpholine rings is 1. The van der Waals surface area contributed by atoms with E-state index in [0.717, 1.165) is 57.5 Å². The zero-order valence-electron chi connectivity index (χ0n) is 17.4. The second kappa shape index (κ2) is 11.7. The molecule has 2 rings (SSSR count). The minimum absolute atomic E-state index is 0.0157. The largest absolute Gasteiger partial charge is 0.469 e. The maximum Gasteiger partial charge on any atom is 0.227 e. The number of furan rings is 1. The minimum Gasteiger partial charge on any atom is -0.469 e. The van der Waals surface area contributed by atoms with Gasteiger partial charge < -0.3 is 25.1 Å². The van der Waals surface area contributed by atoms with Gasteiger partial charge in [0.25, 0.3) is 0 Å². The summed E-state index contributed by atoms with van der Waals surface area (Å²) in [5.74, 6) is 1.67. The number of hydrogen-bond acceptors (Lipinski definition) is 5. The lowest BCUT2D eigenvalue weighted by atomic mass is 9.92. The number of hydrogen-bond donors (Lipinski definition) is 3. The second-order valence-electron chi connectivity index (χ2n) is 7.55. The normalized spacial score (nSPS) is 16.0. The average molecular weight is 394 g/mol. The summed E-state index contributed by atoms with van der Waals surface area (Å²) < 4.78 is 10.8. The first-order valence-electron chi connectivity index (χ1n) is 10.1. The molecule has 1 saturated heterocycles. The number of amides is 1. The van der Waals surface area contributed by atoms with Crippen molar-refractivity contribution in [3.63, 3.8) is 0 Å². The van der Waals surface area contributed by atoms with E-state index in [0.29, 0.717) is 19.6 Å². The summed E-state index contributed by atoms with van der Waals surface area (Å²) in [6, 6.07) is 3.85. The van der Waals surface area contributed by atoms with Crippen LogP contribution in [0.2, 0.25) is 0 Å². The molecule has 0 aliphatic carbocycles. The fourth-order valence-corrected chi connectivity index (χ4v) is 2.84. The number of nitrogens with zero attached hydrogens (tertiary/aromatic N) is 2. The average Bonchev–Trinajstić information content (AvgIpc) is 3.20. The molecule has 0 spiro atoms. The maximum absolute atomic E-state index is 12.2. The molecule has 1 aliphatic heterocycles. The van der Waals surface area contributed by atoms with Crippen LogP contribution in [0.1, 0.15) is 26.5 Å². The molecule has 0 saturated carbocycles. The Morgan fingerprint density at radius 3 is 2.64 bits per heavy atom. The zero-order chi connectivity index (χ0) is 20.2. The van der Waals surface area contributed by atoms with Gasteiger partial charge >= 0.3 is 0 Å². The predicted octanol–water partition coefficient (Wildman–Crippen LogP) is 0.852. The lowest BCUT2D eigenvalue weighted by molar-refractivity contribution is -0.128. The van der Waals surface area contributed by atoms with E-state index in [1.807, 2.05) is 32.9 Å². The molecule has 158 valence electrons. The number of carbonyl (C=O) groups excluding carboxylic acids is 1. The molecule has 1 fully saturated rings. The third-order valence-electron chi connectivity index (χ3n) is 4.65. The van der Waals surface area contributed by atoms with Crippen LogP contribution in [0.3, 0.4) is 0 Å². The van der Waals surface area contributed by atoms with Crippen molar-refractivity contribution in [3.8, 4) is 0 Å². The van der Waals surface area contributed by atoms with Crippen LogP contribution in [0.25, 0.3) is 0 Å². The Morgan fingerprint density at radius 1 is 1.21 bits per heavy atom. The molecule has 28 heavy (non-hydrogen) atoms. The van der Waals surface area contributed by atoms with Gasteiger partial charge in [0.05, 0.1) is 31.4 Å². The van der Waals surface area contributed by atoms with Crippen molar-refractivity contribution >= 4 is 11.9 Å². The highest BCUT2D eigenvalue weighted by Gasteiger charge is 2.26. The summed E-state index contributed by atoms with van der Waals surface area (Å²) in [6.45, 7) is 12.7. The summed E-state index contributed by atoms with van der Waals surface area (Å²) in [5, 5.41) is 9.61. The van der Waals surface area contributed by atoms with Crippen molar-refractivity contribution in [2.24, 2.45) is 10.4 Å². The number of nitrogens with one attached hydrogen (secondary N) is 3. The molecule has 0 aromatic carbocycles. The molecular formula is C20H35N5O3. The van der Waals surface area contributed by atoms with Crippen molar-refractivity contribution in [1.29, 1.82) is 0 Å². The van der Waals surface area contributed by atoms with Gasteiger partial charge in [0.2, 0.25) is 5.91 Å². The Hall–Kier alpha value is -2.06. The molecule has 1 aromatic rings. The van der Waals surface area contributed by atoms with Crippen LogP contribution in [0.5, 0.6) is 0 Å². The summed E-state index contributed by atoms with van der Waals surface area (Å²) in [7, 11) is 0. The highest BCUT2D eigenvalue weighted by molar-refractivity contribution is 5.83. The van der Waals surface area contributed by atoms with Crippen molar-refractivity contribution < 1.29 is 13.9 Å². The van der Waals surface area contributed by atoms with Crippen molar-refractivity contribution in [3.05, 3.63) is 24.2 Å². The molecule has 1 aliphatic rings. The number of guanidine groups is 1. The van der Waals surface area contributed by atoms with Crippen molar-refractivity contribution in [2.75, 3.05) is 59.0 Å². The first kappa shape index (κ1) is 22.2. The number of rotatable bonds is 10. The highest BCUT2D eigenvalue weighted by atomic mass is 16.5. The lowest BCUT2D eigenvalue weighted by Crippen LogP contribution is -2.45. The van der Waals surface area contributed by atoms with E-state index < -0.39 is 5.41 Å². The van der Waals surface area contributed by atoms with E-state index in [1.54, 1.807) is 6.26 Å². The molecule has 0 unspecified atom stereocenters. The van der Waals surface area contributed by atoms with E-state index in [1.165, 1.54) is 0 Å². The topological polar surface area (TPSA) is 91.1 Å². The van der Waals surface area contributed by atoms with Gasteiger partial charge in [0, 0.05) is 45.7 Å². The van der Waals surface area contributed by atoms with Gasteiger partial charge in [0.15, 0.2) is 5.96 Å². The fourth-order valence-electron chi connectivity index (χ4n) is 2.84. The second-order valence-corrected chi connectivity index (χ2v) is 7.55. The third-order valence-corrected chi connectivity index (χ3v) is 4.65. The molecule has 8 heteroatoms. The monoisotopic (exact) mass is 393 g/mol. The molecule has 3 N–H and O–H groups in total. The third kappa shape index (κ3) is 7.90. The Labute approximate surface area is 168 Å². The van der Waals surface area contributed by atoms with Crippen molar-refractivity contribution in [2.45, 2.75) is 27.2 Å². The molecule has 2 heterocycles. The molecule has 0 atom stereocenters. The quantitative estimate of drug-likeness (QED) is 0.403. The summed E-state index contributed by atoms with van der Waals surface area (Å²) in [5.41, 5.74) is -0.560. The molecule has 8 nitrogen and oxygen atoms in total. The van der Waals surface area contributed by atoms with Gasteiger partial charge in [0.1, 0.15) is 5.76 Å². The van der Waals surface area contributed by atoms with Crippen LogP contribution in [-0.4, -0.2) is 75.8 Å². The molecule has 1 amide bonds. The van der Waals surface area contributed by atoms with E-state index in [-0.39, 0.29) is 5.91 Å². The summed E-state index contributed by atoms with van der Waals surface area (Å²) in [4.78, 5) is 19.2. The van der Waals surface area contributed by atoms with E-state index in [9.17, 15) is 4.79 Å². The molecule has 0 bridgehead atoms. The Bertz CT molecular complexity index is 595. The Balaban J connectivity index is 1.86. The van der Waals surface area contributed by atoms with Crippen LogP contribution in [0.4, 0.5) is 0 Å². The summed E-state index contributed by atoms with van der Waals surface area (Å²) in [6.07, 6.45) is 2.46. The number of aliphatic imine (C=N–C) groups is 1. The Kier molecular flexibility index (Phi) is 9.30. The van der Waals surface area contributed by atoms with Crippen LogP contribution in [-0.2, 0) is 16.0 Å². The van der Waals surface area contributed by atoms with Crippen LogP contribution >= 0.6 is 0 Å². The maximum atomic E-state index is 12.2. The first-order valence-corrected chi connectivity index (χ1v) is 10.1. The SMILES string of the molecule is CCNC(=O)C(C)(C)CN=C(NCCc1ccco1)NCCN1CCOCC1. The van der Waals surface area contributed by atoms with E-state index >= 15 is 0 Å². The van der Waals surface area contributed by atoms with Gasteiger partial charge in [-0.15, -0.1) is 0 Å². The van der Waals surface area contributed by atoms with Crippen LogP contribution in [0, 0.1) is 5.41 Å². The van der Waals surface area contributed by atoms with Gasteiger partial charge in [-0.25, -0.2) is 0 Å². The summed E-state index contributed by atoms with van der Waals surface area (Å²) >= 11 is 0. The van der Waals surface area contributed by atoms with Gasteiger partial charge in [-0.2, -0.15) is 0 Å². The number of ether oxygens (including phenoxy) is 1. The highest BCUT2D eigenvalue weighted by Crippen LogP contribution is 2.15. The van der Waals surface area contributed by atoms with E-state index in [4.69, 9.17) is 9.15 Å². The minimum atomic E-state index is -0.560. The lowest BCUT2D eigenvalue weighted by Gasteiger charge is -2.27.